The number of nitrogens with zero attached hydrogens (tertiary/aromatic N) is 1. The standard InChI is InChI=1S/C11H16N2O2S.ClH/c1-10-9-13(8-7-12-10)16(14,15)11-5-3-2-4-6-11;/h2-6,10,12H,7-9H2,1H3;1H/t10-;/m0./s1. The lowest BCUT2D eigenvalue weighted by molar-refractivity contribution is 0.310. The summed E-state index contributed by atoms with van der Waals surface area (Å²) in [7, 11) is -3.30. The van der Waals surface area contributed by atoms with Gasteiger partial charge in [-0.1, -0.05) is 18.2 Å². The molecule has 0 aliphatic carbocycles. The number of rotatable bonds is 2. The number of hydrogen-bond donors (Lipinski definition) is 1. The van der Waals surface area contributed by atoms with E-state index in [0.717, 1.165) is 0 Å². The van der Waals surface area contributed by atoms with Crippen molar-refractivity contribution in [3.63, 3.8) is 0 Å². The van der Waals surface area contributed by atoms with E-state index in [2.05, 4.69) is 5.32 Å². The van der Waals surface area contributed by atoms with Gasteiger partial charge in [0.2, 0.25) is 10.0 Å². The Kier molecular flexibility index (Phi) is 4.94. The molecule has 0 saturated carbocycles. The average molecular weight is 277 g/mol. The van der Waals surface area contributed by atoms with Gasteiger partial charge in [-0.3, -0.25) is 0 Å². The van der Waals surface area contributed by atoms with Gasteiger partial charge in [-0.2, -0.15) is 4.31 Å². The molecule has 6 heteroatoms. The van der Waals surface area contributed by atoms with Crippen LogP contribution in [-0.4, -0.2) is 38.4 Å². The van der Waals surface area contributed by atoms with Crippen molar-refractivity contribution in [1.29, 1.82) is 0 Å². The summed E-state index contributed by atoms with van der Waals surface area (Å²) in [6.07, 6.45) is 0. The predicted molar refractivity (Wildman–Crippen MR) is 69.9 cm³/mol. The van der Waals surface area contributed by atoms with E-state index in [1.54, 1.807) is 28.6 Å². The summed E-state index contributed by atoms with van der Waals surface area (Å²) in [6, 6.07) is 8.81. The van der Waals surface area contributed by atoms with Crippen molar-refractivity contribution in [2.75, 3.05) is 19.6 Å². The zero-order valence-electron chi connectivity index (χ0n) is 9.67. The summed E-state index contributed by atoms with van der Waals surface area (Å²) in [5.74, 6) is 0. The first-order valence-corrected chi connectivity index (χ1v) is 6.83. The van der Waals surface area contributed by atoms with Crippen molar-refractivity contribution in [3.8, 4) is 0 Å². The SMILES string of the molecule is C[C@H]1CN(S(=O)(=O)c2ccccc2)CCN1.Cl. The Morgan fingerprint density at radius 3 is 2.53 bits per heavy atom. The average Bonchev–Trinajstić information content (AvgIpc) is 2.30. The summed E-state index contributed by atoms with van der Waals surface area (Å²) in [5.41, 5.74) is 0. The van der Waals surface area contributed by atoms with E-state index in [1.807, 2.05) is 13.0 Å². The first-order valence-electron chi connectivity index (χ1n) is 5.39. The van der Waals surface area contributed by atoms with Crippen LogP contribution in [0.5, 0.6) is 0 Å². The van der Waals surface area contributed by atoms with E-state index >= 15 is 0 Å². The maximum Gasteiger partial charge on any atom is 0.243 e. The monoisotopic (exact) mass is 276 g/mol. The first kappa shape index (κ1) is 14.4. The van der Waals surface area contributed by atoms with Crippen LogP contribution in [0.15, 0.2) is 35.2 Å². The van der Waals surface area contributed by atoms with Gasteiger partial charge in [-0.05, 0) is 19.1 Å². The van der Waals surface area contributed by atoms with Crippen molar-refractivity contribution in [2.45, 2.75) is 17.9 Å². The van der Waals surface area contributed by atoms with Gasteiger partial charge in [-0.15, -0.1) is 12.4 Å². The Morgan fingerprint density at radius 2 is 1.94 bits per heavy atom. The van der Waals surface area contributed by atoms with Crippen LogP contribution >= 0.6 is 12.4 Å². The van der Waals surface area contributed by atoms with Crippen LogP contribution in [0.3, 0.4) is 0 Å². The molecule has 1 aromatic rings. The molecule has 1 atom stereocenters. The molecule has 1 aromatic carbocycles. The topological polar surface area (TPSA) is 49.4 Å². The second kappa shape index (κ2) is 5.82. The Bertz CT molecular complexity index is 450. The molecule has 1 aliphatic heterocycles. The molecule has 1 saturated heterocycles. The van der Waals surface area contributed by atoms with Crippen molar-refractivity contribution in [3.05, 3.63) is 30.3 Å². The molecule has 1 N–H and O–H groups in total. The van der Waals surface area contributed by atoms with Crippen LogP contribution in [0.2, 0.25) is 0 Å². The van der Waals surface area contributed by atoms with E-state index in [4.69, 9.17) is 0 Å². The van der Waals surface area contributed by atoms with E-state index in [0.29, 0.717) is 24.5 Å². The molecule has 2 rings (SSSR count). The van der Waals surface area contributed by atoms with Gasteiger partial charge in [0.15, 0.2) is 0 Å². The van der Waals surface area contributed by atoms with Crippen LogP contribution in [0.25, 0.3) is 0 Å². The highest BCUT2D eigenvalue weighted by Gasteiger charge is 2.27. The smallest absolute Gasteiger partial charge is 0.243 e. The van der Waals surface area contributed by atoms with E-state index < -0.39 is 10.0 Å². The maximum absolute atomic E-state index is 12.2. The maximum atomic E-state index is 12.2. The second-order valence-corrected chi connectivity index (χ2v) is 5.97. The summed E-state index contributed by atoms with van der Waals surface area (Å²) in [5, 5.41) is 3.23. The Labute approximate surface area is 108 Å². The lowest BCUT2D eigenvalue weighted by atomic mass is 10.3. The third kappa shape index (κ3) is 3.19. The van der Waals surface area contributed by atoms with E-state index in [1.165, 1.54) is 0 Å². The minimum atomic E-state index is -3.30. The molecule has 96 valence electrons. The molecule has 1 heterocycles. The molecule has 0 aromatic heterocycles. The third-order valence-corrected chi connectivity index (χ3v) is 4.59. The second-order valence-electron chi connectivity index (χ2n) is 4.03. The zero-order chi connectivity index (χ0) is 11.6. The van der Waals surface area contributed by atoms with Gasteiger partial charge >= 0.3 is 0 Å². The minimum Gasteiger partial charge on any atom is -0.312 e. The van der Waals surface area contributed by atoms with Gasteiger partial charge in [-0.25, -0.2) is 8.42 Å². The van der Waals surface area contributed by atoms with Gasteiger partial charge in [0.05, 0.1) is 4.90 Å². The Morgan fingerprint density at radius 1 is 1.29 bits per heavy atom. The molecular weight excluding hydrogens is 260 g/mol. The Hall–Kier alpha value is -0.620. The summed E-state index contributed by atoms with van der Waals surface area (Å²) < 4.78 is 26.0. The largest absolute Gasteiger partial charge is 0.312 e. The fourth-order valence-corrected chi connectivity index (χ4v) is 3.41. The zero-order valence-corrected chi connectivity index (χ0v) is 11.3. The summed E-state index contributed by atoms with van der Waals surface area (Å²) in [6.45, 7) is 3.79. The minimum absolute atomic E-state index is 0. The van der Waals surface area contributed by atoms with E-state index in [-0.39, 0.29) is 18.4 Å². The summed E-state index contributed by atoms with van der Waals surface area (Å²) in [4.78, 5) is 0.379. The van der Waals surface area contributed by atoms with Crippen LogP contribution < -0.4 is 5.32 Å². The molecule has 1 aliphatic rings. The first-order chi connectivity index (χ1) is 7.60. The highest BCUT2D eigenvalue weighted by Crippen LogP contribution is 2.16. The van der Waals surface area contributed by atoms with Crippen molar-refractivity contribution >= 4 is 22.4 Å². The number of piperazine rings is 1. The van der Waals surface area contributed by atoms with Gasteiger partial charge in [0.1, 0.15) is 0 Å². The van der Waals surface area contributed by atoms with Crippen LogP contribution in [0, 0.1) is 0 Å². The molecule has 0 unspecified atom stereocenters. The molecular formula is C11H17ClN2O2S. The number of halogens is 1. The molecule has 0 bridgehead atoms. The number of benzene rings is 1. The highest BCUT2D eigenvalue weighted by atomic mass is 35.5. The quantitative estimate of drug-likeness (QED) is 0.880. The molecule has 0 amide bonds. The normalized spacial score (nSPS) is 21.8. The van der Waals surface area contributed by atoms with E-state index in [9.17, 15) is 8.42 Å². The molecule has 0 spiro atoms. The van der Waals surface area contributed by atoms with Crippen molar-refractivity contribution < 1.29 is 8.42 Å². The Balaban J connectivity index is 0.00000144. The highest BCUT2D eigenvalue weighted by molar-refractivity contribution is 7.89. The number of hydrogen-bond acceptors (Lipinski definition) is 3. The van der Waals surface area contributed by atoms with Crippen LogP contribution in [0.4, 0.5) is 0 Å². The van der Waals surface area contributed by atoms with Crippen LogP contribution in [0.1, 0.15) is 6.92 Å². The summed E-state index contributed by atoms with van der Waals surface area (Å²) >= 11 is 0. The lowest BCUT2D eigenvalue weighted by Crippen LogP contribution is -2.51. The number of sulfonamides is 1. The predicted octanol–water partition coefficient (Wildman–Crippen LogP) is 1.09. The third-order valence-electron chi connectivity index (χ3n) is 2.71. The fraction of sp³-hybridized carbons (Fsp3) is 0.455. The molecule has 0 radical (unpaired) electrons. The van der Waals surface area contributed by atoms with Gasteiger partial charge < -0.3 is 5.32 Å². The lowest BCUT2D eigenvalue weighted by Gasteiger charge is -2.30. The molecule has 17 heavy (non-hydrogen) atoms. The van der Waals surface area contributed by atoms with Gasteiger partial charge in [0.25, 0.3) is 0 Å². The van der Waals surface area contributed by atoms with Crippen molar-refractivity contribution in [2.24, 2.45) is 0 Å². The fourth-order valence-electron chi connectivity index (χ4n) is 1.86. The van der Waals surface area contributed by atoms with Crippen molar-refractivity contribution in [1.82, 2.24) is 9.62 Å². The van der Waals surface area contributed by atoms with Crippen LogP contribution in [-0.2, 0) is 10.0 Å². The van der Waals surface area contributed by atoms with Gasteiger partial charge in [0, 0.05) is 25.7 Å². The number of nitrogens with one attached hydrogen (secondary N) is 1. The molecule has 1 fully saturated rings. The molecule has 4 nitrogen and oxygen atoms in total.